The summed E-state index contributed by atoms with van der Waals surface area (Å²) in [5, 5.41) is 21.6. The maximum atomic E-state index is 14.7. The number of methoxy groups -OCH3 is 1. The van der Waals surface area contributed by atoms with E-state index in [4.69, 9.17) is 14.2 Å². The van der Waals surface area contributed by atoms with E-state index in [1.807, 2.05) is 0 Å². The average Bonchev–Trinajstić information content (AvgIpc) is 3.65. The smallest absolute Gasteiger partial charge is 0.261 e. The number of hydrogen-bond donors (Lipinski definition) is 1. The van der Waals surface area contributed by atoms with Crippen LogP contribution >= 0.6 is 11.3 Å². The molecular formula is C29H35FN6O6S. The predicted octanol–water partition coefficient (Wildman–Crippen LogP) is 2.88. The number of aromatic nitrogens is 3. The number of anilines is 1. The number of likely N-dealkylation sites (N-methyl/N-ethyl adjacent to an activating group) is 1. The summed E-state index contributed by atoms with van der Waals surface area (Å²) in [5.74, 6) is -0.690. The molecule has 2 fully saturated rings. The molecule has 6 rings (SSSR count). The van der Waals surface area contributed by atoms with Crippen molar-refractivity contribution < 1.29 is 33.3 Å². The lowest BCUT2D eigenvalue weighted by Crippen LogP contribution is -2.63. The number of benzene rings is 1. The summed E-state index contributed by atoms with van der Waals surface area (Å²) < 4.78 is 32.4. The number of aliphatic hydroxyl groups is 1. The highest BCUT2D eigenvalue weighted by molar-refractivity contribution is 7.19. The van der Waals surface area contributed by atoms with Gasteiger partial charge in [0.15, 0.2) is 0 Å². The summed E-state index contributed by atoms with van der Waals surface area (Å²) in [6.07, 6.45) is 3.09. The van der Waals surface area contributed by atoms with Crippen LogP contribution in [0.15, 0.2) is 30.6 Å². The molecule has 43 heavy (non-hydrogen) atoms. The van der Waals surface area contributed by atoms with Crippen LogP contribution in [0.3, 0.4) is 0 Å². The molecule has 0 bridgehead atoms. The number of likely N-dealkylation sites (tertiary alicyclic amines) is 1. The molecule has 3 atom stereocenters. The summed E-state index contributed by atoms with van der Waals surface area (Å²) in [6.45, 7) is 3.50. The van der Waals surface area contributed by atoms with E-state index in [9.17, 15) is 19.1 Å². The molecule has 12 nitrogen and oxygen atoms in total. The molecule has 3 aromatic rings. The van der Waals surface area contributed by atoms with Crippen molar-refractivity contribution >= 4 is 28.2 Å². The summed E-state index contributed by atoms with van der Waals surface area (Å²) >= 11 is 1.26. The Labute approximate surface area is 252 Å². The van der Waals surface area contributed by atoms with Crippen LogP contribution in [0.1, 0.15) is 53.3 Å². The van der Waals surface area contributed by atoms with E-state index < -0.39 is 30.2 Å². The van der Waals surface area contributed by atoms with Gasteiger partial charge < -0.3 is 29.1 Å². The van der Waals surface area contributed by atoms with Crippen molar-refractivity contribution in [3.63, 3.8) is 0 Å². The first-order valence-corrected chi connectivity index (χ1v) is 15.2. The van der Waals surface area contributed by atoms with E-state index in [0.29, 0.717) is 77.9 Å². The minimum Gasteiger partial charge on any atom is -0.496 e. The second-order valence-electron chi connectivity index (χ2n) is 11.0. The van der Waals surface area contributed by atoms with Crippen molar-refractivity contribution in [2.75, 3.05) is 45.4 Å². The van der Waals surface area contributed by atoms with Gasteiger partial charge in [0, 0.05) is 37.9 Å². The van der Waals surface area contributed by atoms with Gasteiger partial charge in [0.25, 0.3) is 5.91 Å². The zero-order valence-corrected chi connectivity index (χ0v) is 25.1. The third-order valence-corrected chi connectivity index (χ3v) is 9.63. The molecule has 14 heteroatoms. The highest BCUT2D eigenvalue weighted by Gasteiger charge is 2.47. The minimum atomic E-state index is -1.49. The van der Waals surface area contributed by atoms with E-state index in [2.05, 4.69) is 10.2 Å². The Morgan fingerprint density at radius 3 is 2.63 bits per heavy atom. The lowest BCUT2D eigenvalue weighted by Gasteiger charge is -2.47. The molecule has 5 heterocycles. The molecule has 2 unspecified atom stereocenters. The lowest BCUT2D eigenvalue weighted by molar-refractivity contribution is -0.142. The second-order valence-corrected chi connectivity index (χ2v) is 12.0. The fraction of sp³-hybridized carbons (Fsp3) is 0.517. The maximum Gasteiger partial charge on any atom is 0.261 e. The maximum absolute atomic E-state index is 14.7. The van der Waals surface area contributed by atoms with Gasteiger partial charge in [-0.3, -0.25) is 14.5 Å². The largest absolute Gasteiger partial charge is 0.496 e. The molecule has 230 valence electrons. The molecule has 2 amide bonds. The Bertz CT molecular complexity index is 1480. The van der Waals surface area contributed by atoms with Crippen molar-refractivity contribution in [1.29, 1.82) is 0 Å². The first-order chi connectivity index (χ1) is 20.8. The second kappa shape index (κ2) is 12.2. The molecule has 3 aliphatic rings. The van der Waals surface area contributed by atoms with Gasteiger partial charge in [-0.15, -0.1) is 4.80 Å². The molecule has 0 saturated carbocycles. The van der Waals surface area contributed by atoms with E-state index in [-0.39, 0.29) is 18.6 Å². The first-order valence-electron chi connectivity index (χ1n) is 14.4. The summed E-state index contributed by atoms with van der Waals surface area (Å²) in [6, 6.07) is 3.40. The predicted molar refractivity (Wildman–Crippen MR) is 155 cm³/mol. The number of carbonyl (C=O) groups is 2. The van der Waals surface area contributed by atoms with Crippen LogP contribution in [0.25, 0.3) is 5.00 Å². The van der Waals surface area contributed by atoms with Crippen molar-refractivity contribution in [3.05, 3.63) is 53.1 Å². The third-order valence-electron chi connectivity index (χ3n) is 8.33. The van der Waals surface area contributed by atoms with Crippen LogP contribution in [0, 0.1) is 12.7 Å². The Kier molecular flexibility index (Phi) is 8.36. The van der Waals surface area contributed by atoms with Crippen LogP contribution in [0.4, 0.5) is 9.39 Å². The number of nitrogens with zero attached hydrogens (tertiary/aromatic N) is 6. The van der Waals surface area contributed by atoms with Crippen LogP contribution in [0.5, 0.6) is 5.75 Å². The number of halogens is 1. The Hall–Kier alpha value is -3.59. The molecule has 2 saturated heterocycles. The SMILES string of the molecule is COc1ccc(F)cc1[C@H](CN1c2sc(-n3nccn3)c(C)c2C(=O)N(C2CCCN(C)C2=O)C1O)OC1CCOCC1. The summed E-state index contributed by atoms with van der Waals surface area (Å²) in [7, 11) is 3.21. The van der Waals surface area contributed by atoms with Crippen molar-refractivity contribution in [2.45, 2.75) is 57.2 Å². The van der Waals surface area contributed by atoms with Crippen LogP contribution < -0.4 is 9.64 Å². The molecule has 0 aliphatic carbocycles. The Balaban J connectivity index is 1.46. The number of carbonyl (C=O) groups excluding carboxylic acids is 2. The van der Waals surface area contributed by atoms with Gasteiger partial charge in [0.2, 0.25) is 12.3 Å². The van der Waals surface area contributed by atoms with Crippen molar-refractivity contribution in [1.82, 2.24) is 24.8 Å². The fourth-order valence-electron chi connectivity index (χ4n) is 6.08. The lowest BCUT2D eigenvalue weighted by atomic mass is 10.00. The van der Waals surface area contributed by atoms with Crippen molar-refractivity contribution in [3.8, 4) is 10.8 Å². The normalized spacial score (nSPS) is 22.2. The van der Waals surface area contributed by atoms with E-state index >= 15 is 0 Å². The summed E-state index contributed by atoms with van der Waals surface area (Å²) in [4.78, 5) is 33.4. The zero-order valence-electron chi connectivity index (χ0n) is 24.3. The van der Waals surface area contributed by atoms with Gasteiger partial charge in [-0.25, -0.2) is 4.39 Å². The van der Waals surface area contributed by atoms with Gasteiger partial charge in [-0.1, -0.05) is 11.3 Å². The van der Waals surface area contributed by atoms with E-state index in [1.165, 1.54) is 40.3 Å². The number of thiophene rings is 1. The molecule has 1 aromatic carbocycles. The van der Waals surface area contributed by atoms with Crippen LogP contribution in [0.2, 0.25) is 0 Å². The highest BCUT2D eigenvalue weighted by atomic mass is 32.1. The topological polar surface area (TPSA) is 122 Å². The number of rotatable bonds is 8. The summed E-state index contributed by atoms with van der Waals surface area (Å²) in [5.41, 5.74) is 1.46. The first kappa shape index (κ1) is 29.5. The van der Waals surface area contributed by atoms with Gasteiger partial charge in [-0.2, -0.15) is 10.2 Å². The number of amides is 2. The van der Waals surface area contributed by atoms with Crippen molar-refractivity contribution in [2.24, 2.45) is 0 Å². The van der Waals surface area contributed by atoms with Gasteiger partial charge in [-0.05, 0) is 50.8 Å². The molecule has 1 N–H and O–H groups in total. The van der Waals surface area contributed by atoms with Gasteiger partial charge in [0.05, 0.1) is 37.7 Å². The number of ether oxygens (including phenoxy) is 3. The van der Waals surface area contributed by atoms with Gasteiger partial charge in [0.1, 0.15) is 33.7 Å². The Morgan fingerprint density at radius 1 is 1.16 bits per heavy atom. The average molecular weight is 615 g/mol. The van der Waals surface area contributed by atoms with E-state index in [1.54, 1.807) is 42.2 Å². The fourth-order valence-corrected chi connectivity index (χ4v) is 7.33. The molecule has 0 spiro atoms. The quantitative estimate of drug-likeness (QED) is 0.408. The monoisotopic (exact) mass is 614 g/mol. The standard InChI is InChI=1S/C29H35FN6O6S/c1-17-24-26(38)35(21-5-4-12-33(2)25(21)37)29(39)34(28(24)43-27(17)36-31-10-11-32-36)16-23(42-19-8-13-41-14-9-19)20-15-18(30)6-7-22(20)40-3/h6-7,10-11,15,19,21,23,29,39H,4-5,8-9,12-14,16H2,1-3H3/t21?,23-,29?/m0/s1. The third kappa shape index (κ3) is 5.48. The number of piperidine rings is 1. The molecule has 2 aromatic heterocycles. The number of aliphatic hydroxyl groups excluding tert-OH is 1. The van der Waals surface area contributed by atoms with Crippen LogP contribution in [-0.2, 0) is 14.3 Å². The van der Waals surface area contributed by atoms with Gasteiger partial charge >= 0.3 is 0 Å². The molecule has 0 radical (unpaired) electrons. The van der Waals surface area contributed by atoms with Crippen LogP contribution in [-0.4, -0.2) is 101 Å². The van der Waals surface area contributed by atoms with E-state index in [0.717, 1.165) is 0 Å². The minimum absolute atomic E-state index is 0.0395. The number of fused-ring (bicyclic) bond motifs is 1. The number of hydrogen-bond acceptors (Lipinski definition) is 10. The zero-order chi connectivity index (χ0) is 30.2. The Morgan fingerprint density at radius 2 is 1.91 bits per heavy atom. The molecule has 3 aliphatic heterocycles. The molecular weight excluding hydrogens is 579 g/mol. The highest BCUT2D eigenvalue weighted by Crippen LogP contribution is 2.45.